The number of allylic oxidation sites excluding steroid dienone is 1. The zero-order chi connectivity index (χ0) is 33.1. The fraction of sp³-hybridized carbons (Fsp3) is 0.879. The number of hydrogen-bond donors (Lipinski definition) is 1. The van der Waals surface area contributed by atoms with E-state index >= 15 is 0 Å². The van der Waals surface area contributed by atoms with Crippen molar-refractivity contribution in [3.05, 3.63) is 12.2 Å². The molecule has 0 aromatic heterocycles. The first-order chi connectivity index (χ1) is 20.1. The number of carbonyl (C=O) groups is 2. The highest BCUT2D eigenvalue weighted by Crippen LogP contribution is 2.38. The lowest BCUT2D eigenvalue weighted by atomic mass is 9.91. The number of amides is 1. The Kier molecular flexibility index (Phi) is 16.9. The maximum Gasteiger partial charge on any atom is 0.404 e. The quantitative estimate of drug-likeness (QED) is 0.111. The number of rotatable bonds is 19. The molecule has 1 aliphatic heterocycles. The summed E-state index contributed by atoms with van der Waals surface area (Å²) in [5.41, 5.74) is 6.33. The lowest BCUT2D eigenvalue weighted by molar-refractivity contribution is -0.263. The molecule has 2 N–H and O–H groups in total. The molecule has 43 heavy (non-hydrogen) atoms. The highest BCUT2D eigenvalue weighted by atomic mass is 28.4. The van der Waals surface area contributed by atoms with E-state index in [0.717, 1.165) is 24.2 Å². The van der Waals surface area contributed by atoms with Gasteiger partial charge in [-0.25, -0.2) is 4.79 Å². The third-order valence-electron chi connectivity index (χ3n) is 9.99. The van der Waals surface area contributed by atoms with E-state index in [1.807, 2.05) is 33.8 Å². The molecule has 0 aromatic rings. The van der Waals surface area contributed by atoms with Crippen LogP contribution in [0, 0.1) is 11.8 Å². The van der Waals surface area contributed by atoms with E-state index in [-0.39, 0.29) is 30.1 Å². The van der Waals surface area contributed by atoms with Crippen LogP contribution in [0.2, 0.25) is 35.3 Å². The maximum absolute atomic E-state index is 13.2. The molecule has 0 spiro atoms. The van der Waals surface area contributed by atoms with Gasteiger partial charge in [0.1, 0.15) is 5.78 Å². The Bertz CT molecular complexity index is 873. The van der Waals surface area contributed by atoms with Gasteiger partial charge in [0.25, 0.3) is 0 Å². The van der Waals surface area contributed by atoms with Gasteiger partial charge in [0.05, 0.1) is 24.4 Å². The Hall–Kier alpha value is -1.05. The second-order valence-corrected chi connectivity index (χ2v) is 23.3. The fourth-order valence-corrected chi connectivity index (χ4v) is 13.7. The number of ketones is 1. The van der Waals surface area contributed by atoms with Crippen LogP contribution in [0.4, 0.5) is 4.79 Å². The monoisotopic (exact) mass is 643 g/mol. The normalized spacial score (nSPS) is 24.1. The van der Waals surface area contributed by atoms with Crippen LogP contribution < -0.4 is 5.73 Å². The molecule has 1 rings (SSSR count). The number of hydrogen-bond acceptors (Lipinski definition) is 7. The van der Waals surface area contributed by atoms with Crippen LogP contribution in [0.15, 0.2) is 12.2 Å². The first-order valence-electron chi connectivity index (χ1n) is 16.8. The van der Waals surface area contributed by atoms with Crippen molar-refractivity contribution in [2.75, 3.05) is 0 Å². The molecular weight excluding hydrogens is 579 g/mol. The molecule has 0 bridgehead atoms. The van der Waals surface area contributed by atoms with Crippen LogP contribution >= 0.6 is 0 Å². The number of carbonyl (C=O) groups excluding carboxylic acids is 2. The number of Topliss-reactive ketones (excluding diaryl/α,β-unsaturated/α-hetero) is 1. The van der Waals surface area contributed by atoms with Gasteiger partial charge in [-0.3, -0.25) is 4.79 Å². The number of primary amides is 1. The van der Waals surface area contributed by atoms with E-state index in [9.17, 15) is 9.59 Å². The van der Waals surface area contributed by atoms with E-state index < -0.39 is 53.4 Å². The fourth-order valence-electron chi connectivity index (χ4n) is 6.53. The molecule has 0 saturated carbocycles. The van der Waals surface area contributed by atoms with Gasteiger partial charge >= 0.3 is 6.09 Å². The molecule has 1 aliphatic rings. The predicted molar refractivity (Wildman–Crippen MR) is 180 cm³/mol. The summed E-state index contributed by atoms with van der Waals surface area (Å²) in [5, 5.41) is 0. The van der Waals surface area contributed by atoms with Crippen LogP contribution in [-0.2, 0) is 27.9 Å². The average Bonchev–Trinajstić information content (AvgIpc) is 2.94. The minimum Gasteiger partial charge on any atom is -0.441 e. The molecule has 0 unspecified atom stereocenters. The number of nitrogens with two attached hydrogens (primary N) is 1. The largest absolute Gasteiger partial charge is 0.441 e. The molecular formula is C33H65NO7Si2. The van der Waals surface area contributed by atoms with Crippen LogP contribution in [-0.4, -0.2) is 65.3 Å². The molecule has 1 amide bonds. The van der Waals surface area contributed by atoms with Crippen LogP contribution in [0.1, 0.15) is 103 Å². The smallest absolute Gasteiger partial charge is 0.404 e. The van der Waals surface area contributed by atoms with Gasteiger partial charge in [0.15, 0.2) is 29.0 Å². The van der Waals surface area contributed by atoms with E-state index in [1.165, 1.54) is 0 Å². The second kappa shape index (κ2) is 18.2. The minimum atomic E-state index is -2.16. The van der Waals surface area contributed by atoms with Gasteiger partial charge in [0.2, 0.25) is 0 Å². The van der Waals surface area contributed by atoms with Crippen molar-refractivity contribution >= 4 is 28.5 Å². The summed E-state index contributed by atoms with van der Waals surface area (Å²) in [6, 6.07) is 3.95. The Morgan fingerprint density at radius 3 is 1.88 bits per heavy atom. The molecule has 0 aromatic carbocycles. The van der Waals surface area contributed by atoms with Gasteiger partial charge in [0, 0.05) is 24.7 Å². The van der Waals surface area contributed by atoms with Crippen molar-refractivity contribution in [1.82, 2.24) is 0 Å². The van der Waals surface area contributed by atoms with Gasteiger partial charge in [-0.15, -0.1) is 0 Å². The summed E-state index contributed by atoms with van der Waals surface area (Å²) >= 11 is 0. The SMILES string of the molecule is C/C=C/[C@@H](O[Si](CC)(CC)C(C)C)[C@@H](C)[C@@H](CC(=O)C(C)C)O[C@H]1C[C@@H](O[Si](CC)(CC)C(C)C)[C@H](OC(N)=O)[C@@H](C)O1. The highest BCUT2D eigenvalue weighted by Gasteiger charge is 2.47. The molecule has 1 fully saturated rings. The zero-order valence-corrected chi connectivity index (χ0v) is 31.6. The summed E-state index contributed by atoms with van der Waals surface area (Å²) in [7, 11) is -4.20. The summed E-state index contributed by atoms with van der Waals surface area (Å²) < 4.78 is 32.7. The van der Waals surface area contributed by atoms with Crippen molar-refractivity contribution in [2.24, 2.45) is 17.6 Å². The van der Waals surface area contributed by atoms with Crippen molar-refractivity contribution < 1.29 is 32.7 Å². The third-order valence-corrected chi connectivity index (χ3v) is 20.5. The summed E-state index contributed by atoms with van der Waals surface area (Å²) in [6.45, 7) is 27.6. The Morgan fingerprint density at radius 1 is 0.930 bits per heavy atom. The van der Waals surface area contributed by atoms with Gasteiger partial charge in [-0.05, 0) is 49.1 Å². The molecule has 1 heterocycles. The van der Waals surface area contributed by atoms with Gasteiger partial charge < -0.3 is 28.8 Å². The molecule has 10 heteroatoms. The topological polar surface area (TPSA) is 106 Å². The Balaban J connectivity index is 3.46. The first kappa shape index (κ1) is 40.0. The molecule has 0 aliphatic carbocycles. The zero-order valence-electron chi connectivity index (χ0n) is 29.6. The summed E-state index contributed by atoms with van der Waals surface area (Å²) in [5.74, 6) is -0.0719. The van der Waals surface area contributed by atoms with Crippen molar-refractivity contribution in [1.29, 1.82) is 0 Å². The van der Waals surface area contributed by atoms with Crippen molar-refractivity contribution in [3.63, 3.8) is 0 Å². The molecule has 1 saturated heterocycles. The van der Waals surface area contributed by atoms with Crippen molar-refractivity contribution in [3.8, 4) is 0 Å². The summed E-state index contributed by atoms with van der Waals surface area (Å²) in [4.78, 5) is 25.1. The van der Waals surface area contributed by atoms with E-state index in [4.69, 9.17) is 28.8 Å². The third kappa shape index (κ3) is 10.8. The Morgan fingerprint density at radius 2 is 1.47 bits per heavy atom. The van der Waals surface area contributed by atoms with Gasteiger partial charge in [-0.2, -0.15) is 0 Å². The molecule has 8 nitrogen and oxygen atoms in total. The lowest BCUT2D eigenvalue weighted by Crippen LogP contribution is -2.57. The van der Waals surface area contributed by atoms with Gasteiger partial charge in [-0.1, -0.05) is 88.3 Å². The first-order valence-corrected chi connectivity index (χ1v) is 21.6. The summed E-state index contributed by atoms with van der Waals surface area (Å²) in [6.07, 6.45) is 1.14. The van der Waals surface area contributed by atoms with Crippen LogP contribution in [0.25, 0.3) is 0 Å². The maximum atomic E-state index is 13.2. The van der Waals surface area contributed by atoms with Crippen molar-refractivity contribution in [2.45, 2.75) is 175 Å². The lowest BCUT2D eigenvalue weighted by Gasteiger charge is -2.46. The van der Waals surface area contributed by atoms with E-state index in [0.29, 0.717) is 17.5 Å². The second-order valence-electron chi connectivity index (χ2n) is 13.4. The Labute approximate surface area is 265 Å². The van der Waals surface area contributed by atoms with E-state index in [1.54, 1.807) is 0 Å². The molecule has 0 radical (unpaired) electrons. The average molecular weight is 644 g/mol. The van der Waals surface area contributed by atoms with Crippen LogP contribution in [0.5, 0.6) is 0 Å². The predicted octanol–water partition coefficient (Wildman–Crippen LogP) is 8.36. The number of ether oxygens (including phenoxy) is 3. The molecule has 7 atom stereocenters. The van der Waals surface area contributed by atoms with Crippen LogP contribution in [0.3, 0.4) is 0 Å². The highest BCUT2D eigenvalue weighted by molar-refractivity contribution is 6.75. The standard InChI is InChI=1S/C33H65NO7Si2/c1-14-19-28(40-42(15-2,16-3)23(8)9)25(12)29(20-27(35)22(6)7)38-31-21-30(32(26(13)37-31)39-33(34)36)41-43(17-4,18-5)24(10)11/h14,19,22-26,28-32H,15-18,20-21H2,1-13H3,(H2,34,36)/b19-14+/t25-,26-,28-,29-,30-,31+,32-/m1/s1. The molecule has 252 valence electrons. The minimum absolute atomic E-state index is 0.101. The van der Waals surface area contributed by atoms with E-state index in [2.05, 4.69) is 68.4 Å².